The highest BCUT2D eigenvalue weighted by molar-refractivity contribution is 5.94. The minimum atomic E-state index is -0.785. The van der Waals surface area contributed by atoms with Crippen LogP contribution < -0.4 is 4.74 Å². The molecule has 2 fully saturated rings. The van der Waals surface area contributed by atoms with Crippen molar-refractivity contribution in [2.24, 2.45) is 0 Å². The molecule has 2 aliphatic rings. The van der Waals surface area contributed by atoms with E-state index >= 15 is 0 Å². The van der Waals surface area contributed by atoms with E-state index in [1.54, 1.807) is 11.8 Å². The molecule has 2 saturated heterocycles. The highest BCUT2D eigenvalue weighted by atomic mass is 16.5. The van der Waals surface area contributed by atoms with Crippen LogP contribution in [0.1, 0.15) is 47.1 Å². The van der Waals surface area contributed by atoms with Crippen LogP contribution in [-0.2, 0) is 11.3 Å². The molecule has 1 aromatic carbocycles. The van der Waals surface area contributed by atoms with E-state index in [4.69, 9.17) is 14.0 Å². The van der Waals surface area contributed by atoms with Gasteiger partial charge < -0.3 is 24.0 Å². The van der Waals surface area contributed by atoms with Crippen molar-refractivity contribution < 1.29 is 23.9 Å². The summed E-state index contributed by atoms with van der Waals surface area (Å²) in [5.41, 5.74) is 0.822. The van der Waals surface area contributed by atoms with E-state index < -0.39 is 11.2 Å². The van der Waals surface area contributed by atoms with Gasteiger partial charge in [-0.05, 0) is 38.0 Å². The van der Waals surface area contributed by atoms with E-state index in [-0.39, 0.29) is 18.2 Å². The molecule has 4 rings (SSSR count). The SMILES string of the molecule is CCC1(O)COC2(CN(C(=O)c3noc(C)c3COc3cccc(C)c3)C2)C1. The van der Waals surface area contributed by atoms with Gasteiger partial charge in [-0.15, -0.1) is 0 Å². The first-order valence-electron chi connectivity index (χ1n) is 9.63. The maximum Gasteiger partial charge on any atom is 0.276 e. The second-order valence-corrected chi connectivity index (χ2v) is 8.06. The van der Waals surface area contributed by atoms with Gasteiger partial charge in [0.15, 0.2) is 5.69 Å². The van der Waals surface area contributed by atoms with Gasteiger partial charge in [0.2, 0.25) is 0 Å². The van der Waals surface area contributed by atoms with Gasteiger partial charge in [-0.3, -0.25) is 4.79 Å². The molecule has 1 amide bonds. The highest BCUT2D eigenvalue weighted by Gasteiger charge is 2.56. The number of carbonyl (C=O) groups is 1. The number of ether oxygens (including phenoxy) is 2. The van der Waals surface area contributed by atoms with E-state index in [0.717, 1.165) is 11.3 Å². The molecule has 7 nitrogen and oxygen atoms in total. The molecule has 1 unspecified atom stereocenters. The number of aromatic nitrogens is 1. The first kappa shape index (κ1) is 19.0. The Bertz CT molecular complexity index is 887. The molecular weight excluding hydrogens is 360 g/mol. The van der Waals surface area contributed by atoms with Crippen molar-refractivity contribution in [3.8, 4) is 5.75 Å². The van der Waals surface area contributed by atoms with Gasteiger partial charge in [-0.2, -0.15) is 0 Å². The second-order valence-electron chi connectivity index (χ2n) is 8.06. The van der Waals surface area contributed by atoms with Crippen molar-refractivity contribution in [1.82, 2.24) is 10.1 Å². The van der Waals surface area contributed by atoms with Gasteiger partial charge in [-0.1, -0.05) is 24.2 Å². The van der Waals surface area contributed by atoms with Crippen LogP contribution in [0.25, 0.3) is 0 Å². The molecule has 0 aliphatic carbocycles. The van der Waals surface area contributed by atoms with E-state index in [1.165, 1.54) is 0 Å². The molecule has 1 atom stereocenters. The summed E-state index contributed by atoms with van der Waals surface area (Å²) in [4.78, 5) is 14.6. The van der Waals surface area contributed by atoms with E-state index in [0.29, 0.717) is 43.9 Å². The Hall–Kier alpha value is -2.38. The molecule has 0 saturated carbocycles. The Kier molecular flexibility index (Phi) is 4.67. The van der Waals surface area contributed by atoms with E-state index in [1.807, 2.05) is 38.1 Å². The fourth-order valence-electron chi connectivity index (χ4n) is 3.95. The molecule has 7 heteroatoms. The van der Waals surface area contributed by atoms with Crippen molar-refractivity contribution in [2.75, 3.05) is 19.7 Å². The molecule has 3 heterocycles. The zero-order chi connectivity index (χ0) is 19.9. The lowest BCUT2D eigenvalue weighted by atomic mass is 9.83. The number of benzene rings is 1. The van der Waals surface area contributed by atoms with Crippen LogP contribution in [0.5, 0.6) is 5.75 Å². The molecular formula is C21H26N2O5. The number of likely N-dealkylation sites (tertiary alicyclic amines) is 1. The average molecular weight is 386 g/mol. The summed E-state index contributed by atoms with van der Waals surface area (Å²) in [5, 5.41) is 14.4. The zero-order valence-corrected chi connectivity index (χ0v) is 16.5. The Labute approximate surface area is 164 Å². The van der Waals surface area contributed by atoms with Crippen LogP contribution in [0.3, 0.4) is 0 Å². The predicted molar refractivity (Wildman–Crippen MR) is 101 cm³/mol. The number of amides is 1. The summed E-state index contributed by atoms with van der Waals surface area (Å²) in [5.74, 6) is 1.12. The normalized spacial score (nSPS) is 23.1. The number of carbonyl (C=O) groups excluding carboxylic acids is 1. The molecule has 2 aromatic rings. The predicted octanol–water partition coefficient (Wildman–Crippen LogP) is 2.63. The standard InChI is InChI=1S/C21H26N2O5/c1-4-20(25)10-21(27-13-20)11-23(12-21)19(24)18-17(15(3)28-22-18)9-26-16-7-5-6-14(2)8-16/h5-8,25H,4,9-13H2,1-3H3. The van der Waals surface area contributed by atoms with Crippen LogP contribution in [0, 0.1) is 13.8 Å². The average Bonchev–Trinajstić information content (AvgIpc) is 3.19. The minimum absolute atomic E-state index is 0.194. The monoisotopic (exact) mass is 386 g/mol. The number of hydrogen-bond acceptors (Lipinski definition) is 6. The molecule has 2 aliphatic heterocycles. The van der Waals surface area contributed by atoms with Crippen LogP contribution >= 0.6 is 0 Å². The number of aliphatic hydroxyl groups is 1. The van der Waals surface area contributed by atoms with Crippen LogP contribution in [0.15, 0.2) is 28.8 Å². The van der Waals surface area contributed by atoms with Gasteiger partial charge in [-0.25, -0.2) is 0 Å². The summed E-state index contributed by atoms with van der Waals surface area (Å²) >= 11 is 0. The maximum absolute atomic E-state index is 12.9. The summed E-state index contributed by atoms with van der Waals surface area (Å²) in [6, 6.07) is 7.74. The topological polar surface area (TPSA) is 85.0 Å². The van der Waals surface area contributed by atoms with Crippen molar-refractivity contribution >= 4 is 5.91 Å². The van der Waals surface area contributed by atoms with Gasteiger partial charge in [0, 0.05) is 6.42 Å². The third-order valence-corrected chi connectivity index (χ3v) is 5.76. The first-order valence-corrected chi connectivity index (χ1v) is 9.63. The largest absolute Gasteiger partial charge is 0.489 e. The molecule has 1 aromatic heterocycles. The summed E-state index contributed by atoms with van der Waals surface area (Å²) in [6.07, 6.45) is 1.20. The van der Waals surface area contributed by atoms with E-state index in [2.05, 4.69) is 5.16 Å². The van der Waals surface area contributed by atoms with Crippen LogP contribution in [0.2, 0.25) is 0 Å². The molecule has 28 heavy (non-hydrogen) atoms. The molecule has 0 bridgehead atoms. The molecule has 1 spiro atoms. The molecule has 1 N–H and O–H groups in total. The second kappa shape index (κ2) is 6.90. The summed E-state index contributed by atoms with van der Waals surface area (Å²) in [6.45, 7) is 7.17. The molecule has 0 radical (unpaired) electrons. The number of rotatable bonds is 5. The van der Waals surface area contributed by atoms with Gasteiger partial charge in [0.1, 0.15) is 23.7 Å². The van der Waals surface area contributed by atoms with Gasteiger partial charge >= 0.3 is 0 Å². The maximum atomic E-state index is 12.9. The quantitative estimate of drug-likeness (QED) is 0.850. The Morgan fingerprint density at radius 1 is 1.36 bits per heavy atom. The third kappa shape index (κ3) is 3.40. The number of aryl methyl sites for hydroxylation is 2. The van der Waals surface area contributed by atoms with Crippen LogP contribution in [0.4, 0.5) is 0 Å². The fourth-order valence-corrected chi connectivity index (χ4v) is 3.95. The van der Waals surface area contributed by atoms with E-state index in [9.17, 15) is 9.90 Å². The lowest BCUT2D eigenvalue weighted by Gasteiger charge is -2.47. The highest BCUT2D eigenvalue weighted by Crippen LogP contribution is 2.41. The lowest BCUT2D eigenvalue weighted by Crippen LogP contribution is -2.63. The van der Waals surface area contributed by atoms with Crippen LogP contribution in [-0.4, -0.2) is 52.0 Å². The first-order chi connectivity index (χ1) is 13.3. The number of nitrogens with zero attached hydrogens (tertiary/aromatic N) is 2. The van der Waals surface area contributed by atoms with Gasteiger partial charge in [0.05, 0.1) is 30.9 Å². The molecule has 150 valence electrons. The van der Waals surface area contributed by atoms with Crippen molar-refractivity contribution in [1.29, 1.82) is 0 Å². The Morgan fingerprint density at radius 3 is 2.82 bits per heavy atom. The third-order valence-electron chi connectivity index (χ3n) is 5.76. The minimum Gasteiger partial charge on any atom is -0.489 e. The zero-order valence-electron chi connectivity index (χ0n) is 16.5. The number of hydrogen-bond donors (Lipinski definition) is 1. The smallest absolute Gasteiger partial charge is 0.276 e. The van der Waals surface area contributed by atoms with Crippen molar-refractivity contribution in [3.63, 3.8) is 0 Å². The summed E-state index contributed by atoms with van der Waals surface area (Å²) < 4.78 is 16.9. The Morgan fingerprint density at radius 2 is 2.14 bits per heavy atom. The lowest BCUT2D eigenvalue weighted by molar-refractivity contribution is -0.0958. The van der Waals surface area contributed by atoms with Gasteiger partial charge in [0.25, 0.3) is 5.91 Å². The summed E-state index contributed by atoms with van der Waals surface area (Å²) in [7, 11) is 0. The van der Waals surface area contributed by atoms with Crippen molar-refractivity contribution in [3.05, 3.63) is 46.8 Å². The van der Waals surface area contributed by atoms with Crippen molar-refractivity contribution in [2.45, 2.75) is 51.4 Å². The Balaban J connectivity index is 1.42. The fraction of sp³-hybridized carbons (Fsp3) is 0.524.